The van der Waals surface area contributed by atoms with Crippen molar-refractivity contribution in [1.82, 2.24) is 0 Å². The Hall–Kier alpha value is -0.690. The molecular formula is C14H19ClO5. The van der Waals surface area contributed by atoms with Crippen LogP contribution in [0.1, 0.15) is 12.0 Å². The first-order valence-corrected chi connectivity index (χ1v) is 6.95. The molecule has 0 unspecified atom stereocenters. The maximum atomic E-state index is 9.91. The highest BCUT2D eigenvalue weighted by Crippen LogP contribution is 2.24. The maximum absolute atomic E-state index is 9.91. The quantitative estimate of drug-likeness (QED) is 0.634. The van der Waals surface area contributed by atoms with E-state index < -0.39 is 37.1 Å². The van der Waals surface area contributed by atoms with Crippen LogP contribution < -0.4 is 0 Å². The molecule has 0 radical (unpaired) electrons. The molecule has 0 aromatic heterocycles. The fourth-order valence-corrected chi connectivity index (χ4v) is 2.50. The summed E-state index contributed by atoms with van der Waals surface area (Å²) in [6.07, 6.45) is -4.13. The Morgan fingerprint density at radius 1 is 0.950 bits per heavy atom. The lowest BCUT2D eigenvalue weighted by Gasteiger charge is -2.40. The minimum Gasteiger partial charge on any atom is -0.394 e. The van der Waals surface area contributed by atoms with Gasteiger partial charge in [0, 0.05) is 5.02 Å². The van der Waals surface area contributed by atoms with Crippen molar-refractivity contribution in [2.24, 2.45) is 0 Å². The first-order chi connectivity index (χ1) is 9.52. The molecule has 0 aliphatic carbocycles. The van der Waals surface area contributed by atoms with Crippen molar-refractivity contribution in [3.8, 4) is 0 Å². The van der Waals surface area contributed by atoms with Crippen LogP contribution in [-0.4, -0.2) is 57.6 Å². The molecule has 2 rings (SSSR count). The van der Waals surface area contributed by atoms with E-state index in [1.165, 1.54) is 0 Å². The molecular weight excluding hydrogens is 284 g/mol. The molecule has 0 spiro atoms. The molecule has 1 aliphatic rings. The Morgan fingerprint density at radius 2 is 1.55 bits per heavy atom. The standard InChI is InChI=1S/C14H19ClO5/c15-9-4-1-8(2-5-9)3-6-10-12(17)14(19)13(18)11(7-16)20-10/h1-2,4-5,10-14,16-19H,3,6-7H2/t10-,11+,12-,13+,14+/m0/s1. The Bertz CT molecular complexity index is 422. The summed E-state index contributed by atoms with van der Waals surface area (Å²) in [7, 11) is 0. The van der Waals surface area contributed by atoms with E-state index in [9.17, 15) is 15.3 Å². The average molecular weight is 303 g/mol. The van der Waals surface area contributed by atoms with Gasteiger partial charge in [-0.3, -0.25) is 0 Å². The summed E-state index contributed by atoms with van der Waals surface area (Å²) < 4.78 is 5.44. The largest absolute Gasteiger partial charge is 0.394 e. The normalized spacial score (nSPS) is 34.1. The average Bonchev–Trinajstić information content (AvgIpc) is 2.46. The van der Waals surface area contributed by atoms with Gasteiger partial charge in [-0.15, -0.1) is 0 Å². The van der Waals surface area contributed by atoms with Crippen LogP contribution in [0.25, 0.3) is 0 Å². The van der Waals surface area contributed by atoms with E-state index in [0.717, 1.165) is 5.56 Å². The smallest absolute Gasteiger partial charge is 0.111 e. The second kappa shape index (κ2) is 6.85. The highest BCUT2D eigenvalue weighted by atomic mass is 35.5. The van der Waals surface area contributed by atoms with Crippen molar-refractivity contribution >= 4 is 11.6 Å². The molecule has 0 saturated carbocycles. The predicted octanol–water partition coefficient (Wildman–Crippen LogP) is 0.115. The Morgan fingerprint density at radius 3 is 2.15 bits per heavy atom. The second-order valence-corrected chi connectivity index (χ2v) is 5.47. The van der Waals surface area contributed by atoms with Crippen LogP contribution in [0.3, 0.4) is 0 Å². The zero-order chi connectivity index (χ0) is 14.7. The number of hydrogen-bond donors (Lipinski definition) is 4. The van der Waals surface area contributed by atoms with Crippen molar-refractivity contribution in [3.63, 3.8) is 0 Å². The molecule has 20 heavy (non-hydrogen) atoms. The third kappa shape index (κ3) is 3.49. The van der Waals surface area contributed by atoms with Crippen molar-refractivity contribution in [1.29, 1.82) is 0 Å². The third-order valence-electron chi connectivity index (χ3n) is 3.62. The van der Waals surface area contributed by atoms with E-state index in [-0.39, 0.29) is 0 Å². The molecule has 1 aromatic rings. The number of halogens is 1. The molecule has 1 aliphatic heterocycles. The zero-order valence-electron chi connectivity index (χ0n) is 10.9. The minimum atomic E-state index is -1.31. The first kappa shape index (κ1) is 15.7. The highest BCUT2D eigenvalue weighted by molar-refractivity contribution is 6.30. The van der Waals surface area contributed by atoms with Gasteiger partial charge in [-0.1, -0.05) is 23.7 Å². The first-order valence-electron chi connectivity index (χ1n) is 6.58. The number of aryl methyl sites for hydroxylation is 1. The molecule has 5 nitrogen and oxygen atoms in total. The van der Waals surface area contributed by atoms with Gasteiger partial charge in [-0.2, -0.15) is 0 Å². The van der Waals surface area contributed by atoms with Gasteiger partial charge in [-0.05, 0) is 30.5 Å². The van der Waals surface area contributed by atoms with Crippen molar-refractivity contribution in [2.75, 3.05) is 6.61 Å². The minimum absolute atomic E-state index is 0.400. The number of benzene rings is 1. The van der Waals surface area contributed by atoms with E-state index in [1.807, 2.05) is 12.1 Å². The molecule has 112 valence electrons. The highest BCUT2D eigenvalue weighted by Gasteiger charge is 2.42. The van der Waals surface area contributed by atoms with Gasteiger partial charge >= 0.3 is 0 Å². The summed E-state index contributed by atoms with van der Waals surface area (Å²) in [6.45, 7) is -0.400. The van der Waals surface area contributed by atoms with Crippen LogP contribution in [0.4, 0.5) is 0 Å². The topological polar surface area (TPSA) is 90.2 Å². The zero-order valence-corrected chi connectivity index (χ0v) is 11.6. The molecule has 1 aromatic carbocycles. The maximum Gasteiger partial charge on any atom is 0.111 e. The van der Waals surface area contributed by atoms with Gasteiger partial charge in [0.05, 0.1) is 12.7 Å². The van der Waals surface area contributed by atoms with Crippen LogP contribution in [0.2, 0.25) is 5.02 Å². The molecule has 5 atom stereocenters. The number of aliphatic hydroxyl groups is 4. The summed E-state index contributed by atoms with van der Waals surface area (Å²) >= 11 is 5.80. The third-order valence-corrected chi connectivity index (χ3v) is 3.87. The van der Waals surface area contributed by atoms with E-state index >= 15 is 0 Å². The monoisotopic (exact) mass is 302 g/mol. The Kier molecular flexibility index (Phi) is 5.37. The molecule has 4 N–H and O–H groups in total. The summed E-state index contributed by atoms with van der Waals surface area (Å²) in [5, 5.41) is 39.0. The van der Waals surface area contributed by atoms with Crippen LogP contribution in [0.15, 0.2) is 24.3 Å². The van der Waals surface area contributed by atoms with Crippen LogP contribution in [-0.2, 0) is 11.2 Å². The number of aliphatic hydroxyl groups excluding tert-OH is 4. The number of rotatable bonds is 4. The van der Waals surface area contributed by atoms with Gasteiger partial charge in [0.15, 0.2) is 0 Å². The molecule has 1 heterocycles. The second-order valence-electron chi connectivity index (χ2n) is 5.03. The number of ether oxygens (including phenoxy) is 1. The van der Waals surface area contributed by atoms with E-state index in [4.69, 9.17) is 21.4 Å². The Balaban J connectivity index is 1.95. The van der Waals surface area contributed by atoms with Crippen molar-refractivity contribution < 1.29 is 25.2 Å². The fourth-order valence-electron chi connectivity index (χ4n) is 2.38. The van der Waals surface area contributed by atoms with E-state index in [2.05, 4.69) is 0 Å². The molecule has 1 saturated heterocycles. The van der Waals surface area contributed by atoms with Gasteiger partial charge in [0.1, 0.15) is 24.4 Å². The molecule has 0 bridgehead atoms. The van der Waals surface area contributed by atoms with Crippen molar-refractivity contribution in [3.05, 3.63) is 34.9 Å². The molecule has 6 heteroatoms. The summed E-state index contributed by atoms with van der Waals surface area (Å²) in [6, 6.07) is 7.33. The van der Waals surface area contributed by atoms with Crippen LogP contribution >= 0.6 is 11.6 Å². The van der Waals surface area contributed by atoms with Crippen LogP contribution in [0, 0.1) is 0 Å². The fraction of sp³-hybridized carbons (Fsp3) is 0.571. The van der Waals surface area contributed by atoms with Gasteiger partial charge in [0.2, 0.25) is 0 Å². The SMILES string of the molecule is OC[C@H]1O[C@@H](CCc2ccc(Cl)cc2)[C@H](O)[C@@H](O)[C@@H]1O. The van der Waals surface area contributed by atoms with E-state index in [1.54, 1.807) is 12.1 Å². The predicted molar refractivity (Wildman–Crippen MR) is 73.5 cm³/mol. The van der Waals surface area contributed by atoms with Crippen LogP contribution in [0.5, 0.6) is 0 Å². The number of hydrogen-bond acceptors (Lipinski definition) is 5. The summed E-state index contributed by atoms with van der Waals surface area (Å²) in [4.78, 5) is 0. The Labute approximate surface area is 122 Å². The van der Waals surface area contributed by atoms with E-state index in [0.29, 0.717) is 17.9 Å². The lowest BCUT2D eigenvalue weighted by atomic mass is 9.92. The molecule has 1 fully saturated rings. The summed E-state index contributed by atoms with van der Waals surface area (Å²) in [5.74, 6) is 0. The van der Waals surface area contributed by atoms with Gasteiger partial charge < -0.3 is 25.2 Å². The van der Waals surface area contributed by atoms with Gasteiger partial charge in [-0.25, -0.2) is 0 Å². The van der Waals surface area contributed by atoms with Gasteiger partial charge in [0.25, 0.3) is 0 Å². The molecule has 0 amide bonds. The van der Waals surface area contributed by atoms with Crippen molar-refractivity contribution in [2.45, 2.75) is 43.4 Å². The lowest BCUT2D eigenvalue weighted by Crippen LogP contribution is -2.58. The lowest BCUT2D eigenvalue weighted by molar-refractivity contribution is -0.230. The summed E-state index contributed by atoms with van der Waals surface area (Å²) in [5.41, 5.74) is 1.03.